The number of hydrogen-bond donors (Lipinski definition) is 1. The third kappa shape index (κ3) is 3.22. The van der Waals surface area contributed by atoms with Crippen molar-refractivity contribution < 1.29 is 13.5 Å². The molecule has 4 aromatic rings. The summed E-state index contributed by atoms with van der Waals surface area (Å²) in [5.74, 6) is -1.24. The number of pyridine rings is 1. The lowest BCUT2D eigenvalue weighted by molar-refractivity contribution is 0.436. The van der Waals surface area contributed by atoms with Gasteiger partial charge in [0.15, 0.2) is 22.1 Å². The van der Waals surface area contributed by atoms with E-state index in [1.807, 2.05) is 0 Å². The lowest BCUT2D eigenvalue weighted by atomic mass is 10.2. The van der Waals surface area contributed by atoms with E-state index in [0.717, 1.165) is 0 Å². The van der Waals surface area contributed by atoms with Gasteiger partial charge in [-0.2, -0.15) is 0 Å². The largest absolute Gasteiger partial charge is 0.448 e. The molecule has 5 nitrogen and oxygen atoms in total. The Balaban J connectivity index is 1.99. The van der Waals surface area contributed by atoms with Gasteiger partial charge in [0.05, 0.1) is 5.69 Å². The van der Waals surface area contributed by atoms with Crippen LogP contribution in [0.5, 0.6) is 11.5 Å². The molecular formula is C19H11F2N3O2S. The van der Waals surface area contributed by atoms with Crippen LogP contribution < -0.4 is 10.3 Å². The monoisotopic (exact) mass is 383 g/mol. The summed E-state index contributed by atoms with van der Waals surface area (Å²) in [5.41, 5.74) is 0.198. The Kier molecular flexibility index (Phi) is 4.25. The second kappa shape index (κ2) is 6.73. The van der Waals surface area contributed by atoms with Gasteiger partial charge in [-0.3, -0.25) is 9.36 Å². The summed E-state index contributed by atoms with van der Waals surface area (Å²) in [4.78, 5) is 19.9. The topological polar surface area (TPSA) is 59.9 Å². The third-order valence-electron chi connectivity index (χ3n) is 3.89. The van der Waals surface area contributed by atoms with Gasteiger partial charge in [0.25, 0.3) is 5.56 Å². The van der Waals surface area contributed by atoms with Crippen LogP contribution in [0.25, 0.3) is 16.7 Å². The van der Waals surface area contributed by atoms with Crippen molar-refractivity contribution in [2.24, 2.45) is 0 Å². The number of hydrogen-bond acceptors (Lipinski definition) is 4. The van der Waals surface area contributed by atoms with Crippen LogP contribution in [0.1, 0.15) is 0 Å². The van der Waals surface area contributed by atoms with Crippen molar-refractivity contribution >= 4 is 23.3 Å². The fourth-order valence-electron chi connectivity index (χ4n) is 2.66. The normalized spacial score (nSPS) is 10.9. The molecule has 0 radical (unpaired) electrons. The molecule has 0 amide bonds. The quantitative estimate of drug-likeness (QED) is 0.529. The molecule has 0 aliphatic heterocycles. The second-order valence-corrected chi connectivity index (χ2v) is 6.04. The Morgan fingerprint density at radius 3 is 2.52 bits per heavy atom. The van der Waals surface area contributed by atoms with E-state index in [1.54, 1.807) is 6.07 Å². The zero-order valence-corrected chi connectivity index (χ0v) is 14.5. The molecule has 0 saturated heterocycles. The minimum absolute atomic E-state index is 0.0866. The molecular weight excluding hydrogens is 372 g/mol. The first kappa shape index (κ1) is 17.0. The van der Waals surface area contributed by atoms with E-state index < -0.39 is 17.2 Å². The molecule has 0 bridgehead atoms. The summed E-state index contributed by atoms with van der Waals surface area (Å²) in [5, 5.41) is 0.513. The Hall–Kier alpha value is -3.39. The molecule has 0 aliphatic rings. The molecule has 27 heavy (non-hydrogen) atoms. The van der Waals surface area contributed by atoms with Crippen LogP contribution in [-0.2, 0) is 0 Å². The molecule has 0 atom stereocenters. The predicted octanol–water partition coefficient (Wildman–Crippen LogP) is 4.51. The number of nitrogens with zero attached hydrogens (tertiary/aromatic N) is 2. The average molecular weight is 383 g/mol. The molecule has 0 saturated carbocycles. The highest BCUT2D eigenvalue weighted by atomic mass is 32.1. The number of ether oxygens (including phenoxy) is 1. The zero-order valence-electron chi connectivity index (χ0n) is 13.6. The van der Waals surface area contributed by atoms with Crippen molar-refractivity contribution in [1.82, 2.24) is 14.5 Å². The standard InChI is InChI=1S/C19H11F2N3O2S/c20-12-5-7-13(8-6-12)24-17-11(10-22-19(27)23-17)9-16(18(24)25)26-15-4-2-1-3-14(15)21/h1-10H,(H,22,23,27). The van der Waals surface area contributed by atoms with Crippen LogP contribution >= 0.6 is 12.2 Å². The smallest absolute Gasteiger partial charge is 0.299 e. The number of nitrogens with one attached hydrogen (secondary N) is 1. The van der Waals surface area contributed by atoms with Crippen LogP contribution in [0.3, 0.4) is 0 Å². The molecule has 2 heterocycles. The lowest BCUT2D eigenvalue weighted by Gasteiger charge is -2.13. The molecule has 8 heteroatoms. The van der Waals surface area contributed by atoms with Crippen LogP contribution in [0.2, 0.25) is 0 Å². The first-order valence-electron chi connectivity index (χ1n) is 7.86. The Morgan fingerprint density at radius 1 is 1.04 bits per heavy atom. The van der Waals surface area contributed by atoms with Gasteiger partial charge in [-0.05, 0) is 54.7 Å². The molecule has 0 spiro atoms. The van der Waals surface area contributed by atoms with Gasteiger partial charge >= 0.3 is 0 Å². The number of aromatic amines is 1. The molecule has 0 aliphatic carbocycles. The molecule has 2 aromatic carbocycles. The fourth-order valence-corrected chi connectivity index (χ4v) is 2.81. The van der Waals surface area contributed by atoms with E-state index in [4.69, 9.17) is 17.0 Å². The minimum atomic E-state index is -0.601. The highest BCUT2D eigenvalue weighted by Gasteiger charge is 2.15. The van der Waals surface area contributed by atoms with Crippen LogP contribution in [0.15, 0.2) is 65.6 Å². The van der Waals surface area contributed by atoms with Gasteiger partial charge in [-0.1, -0.05) is 12.1 Å². The first-order chi connectivity index (χ1) is 13.0. The van der Waals surface area contributed by atoms with E-state index in [1.165, 1.54) is 59.3 Å². The molecule has 2 aromatic heterocycles. The summed E-state index contributed by atoms with van der Waals surface area (Å²) in [6.45, 7) is 0. The van der Waals surface area contributed by atoms with Gasteiger partial charge in [0.2, 0.25) is 0 Å². The first-order valence-corrected chi connectivity index (χ1v) is 8.27. The lowest BCUT2D eigenvalue weighted by Crippen LogP contribution is -2.21. The van der Waals surface area contributed by atoms with E-state index in [0.29, 0.717) is 16.7 Å². The summed E-state index contributed by atoms with van der Waals surface area (Å²) in [7, 11) is 0. The summed E-state index contributed by atoms with van der Waals surface area (Å²) in [6.07, 6.45) is 1.47. The maximum atomic E-state index is 13.9. The third-order valence-corrected chi connectivity index (χ3v) is 4.09. The van der Waals surface area contributed by atoms with Crippen molar-refractivity contribution in [3.8, 4) is 17.2 Å². The molecule has 134 valence electrons. The van der Waals surface area contributed by atoms with Crippen LogP contribution in [0.4, 0.5) is 8.78 Å². The predicted molar refractivity (Wildman–Crippen MR) is 99.0 cm³/mol. The van der Waals surface area contributed by atoms with E-state index in [9.17, 15) is 13.6 Å². The molecule has 4 rings (SSSR count). The summed E-state index contributed by atoms with van der Waals surface area (Å²) in [6, 6.07) is 12.6. The Morgan fingerprint density at radius 2 is 1.78 bits per heavy atom. The maximum absolute atomic E-state index is 13.9. The average Bonchev–Trinajstić information content (AvgIpc) is 2.66. The van der Waals surface area contributed by atoms with Gasteiger partial charge in [-0.15, -0.1) is 0 Å². The number of rotatable bonds is 3. The zero-order chi connectivity index (χ0) is 19.0. The number of fused-ring (bicyclic) bond motifs is 1. The number of aromatic nitrogens is 3. The van der Waals surface area contributed by atoms with Crippen LogP contribution in [-0.4, -0.2) is 14.5 Å². The van der Waals surface area contributed by atoms with Crippen molar-refractivity contribution in [2.45, 2.75) is 0 Å². The summed E-state index contributed by atoms with van der Waals surface area (Å²) < 4.78 is 34.2. The number of halogens is 2. The van der Waals surface area contributed by atoms with E-state index in [2.05, 4.69) is 9.97 Å². The van der Waals surface area contributed by atoms with Crippen molar-refractivity contribution in [1.29, 1.82) is 0 Å². The number of H-pyrrole nitrogens is 1. The highest BCUT2D eigenvalue weighted by Crippen LogP contribution is 2.25. The van der Waals surface area contributed by atoms with Gasteiger partial charge < -0.3 is 9.72 Å². The molecule has 0 fully saturated rings. The van der Waals surface area contributed by atoms with E-state index in [-0.39, 0.29) is 16.3 Å². The fraction of sp³-hybridized carbons (Fsp3) is 0. The van der Waals surface area contributed by atoms with Crippen LogP contribution in [0, 0.1) is 16.4 Å². The Labute approximate surface area is 156 Å². The Bertz CT molecular complexity index is 1270. The van der Waals surface area contributed by atoms with Crippen molar-refractivity contribution in [3.05, 3.63) is 87.6 Å². The molecule has 0 unspecified atom stereocenters. The second-order valence-electron chi connectivity index (χ2n) is 5.65. The summed E-state index contributed by atoms with van der Waals surface area (Å²) >= 11 is 5.05. The van der Waals surface area contributed by atoms with Gasteiger partial charge in [0.1, 0.15) is 11.5 Å². The number of benzene rings is 2. The van der Waals surface area contributed by atoms with Gasteiger partial charge in [-0.25, -0.2) is 13.8 Å². The minimum Gasteiger partial charge on any atom is -0.448 e. The van der Waals surface area contributed by atoms with E-state index >= 15 is 0 Å². The number of para-hydroxylation sites is 1. The maximum Gasteiger partial charge on any atom is 0.299 e. The SMILES string of the molecule is O=c1c(Oc2ccccc2F)cc2cnc(=S)[nH]c2n1-c1ccc(F)cc1. The van der Waals surface area contributed by atoms with Gasteiger partial charge in [0, 0.05) is 11.6 Å². The van der Waals surface area contributed by atoms with Crippen molar-refractivity contribution in [2.75, 3.05) is 0 Å². The van der Waals surface area contributed by atoms with Crippen molar-refractivity contribution in [3.63, 3.8) is 0 Å². The highest BCUT2D eigenvalue weighted by molar-refractivity contribution is 7.71. The molecule has 1 N–H and O–H groups in total.